The van der Waals surface area contributed by atoms with Crippen LogP contribution in [0.5, 0.6) is 0 Å². The summed E-state index contributed by atoms with van der Waals surface area (Å²) in [5.41, 5.74) is 0. The number of anilines is 1. The predicted octanol–water partition coefficient (Wildman–Crippen LogP) is 2.05. The average molecular weight is 195 g/mol. The van der Waals surface area contributed by atoms with Crippen molar-refractivity contribution in [2.45, 2.75) is 13.5 Å². The highest BCUT2D eigenvalue weighted by Gasteiger charge is 1.99. The second-order valence-electron chi connectivity index (χ2n) is 2.61. The standard InChI is InChI=1S/C8H9N3OS/c1-6-2-3-7(12-6)4-9-8-10-5-11-13-8/h2-3,5H,4H2,1H3,(H,9,10,11). The van der Waals surface area contributed by atoms with E-state index >= 15 is 0 Å². The summed E-state index contributed by atoms with van der Waals surface area (Å²) in [6, 6.07) is 3.89. The summed E-state index contributed by atoms with van der Waals surface area (Å²) in [4.78, 5) is 3.99. The van der Waals surface area contributed by atoms with Gasteiger partial charge in [-0.2, -0.15) is 4.37 Å². The number of aromatic nitrogens is 2. The minimum Gasteiger partial charge on any atom is -0.465 e. The quantitative estimate of drug-likeness (QED) is 0.814. The van der Waals surface area contributed by atoms with Gasteiger partial charge in [-0.3, -0.25) is 0 Å². The maximum absolute atomic E-state index is 5.38. The molecule has 5 heteroatoms. The number of hydrogen-bond acceptors (Lipinski definition) is 5. The van der Waals surface area contributed by atoms with Crippen molar-refractivity contribution in [2.75, 3.05) is 5.32 Å². The van der Waals surface area contributed by atoms with E-state index in [0.717, 1.165) is 16.7 Å². The van der Waals surface area contributed by atoms with Crippen molar-refractivity contribution in [1.29, 1.82) is 0 Å². The van der Waals surface area contributed by atoms with Crippen LogP contribution in [0.15, 0.2) is 22.9 Å². The van der Waals surface area contributed by atoms with E-state index in [1.54, 1.807) is 0 Å². The van der Waals surface area contributed by atoms with Crippen molar-refractivity contribution < 1.29 is 4.42 Å². The zero-order valence-corrected chi connectivity index (χ0v) is 7.97. The van der Waals surface area contributed by atoms with Crippen molar-refractivity contribution in [3.63, 3.8) is 0 Å². The minimum absolute atomic E-state index is 0.656. The van der Waals surface area contributed by atoms with Gasteiger partial charge >= 0.3 is 0 Å². The monoisotopic (exact) mass is 195 g/mol. The first-order valence-corrected chi connectivity index (χ1v) is 4.68. The highest BCUT2D eigenvalue weighted by Crippen LogP contribution is 2.11. The maximum atomic E-state index is 5.38. The Balaban J connectivity index is 1.93. The topological polar surface area (TPSA) is 51.0 Å². The average Bonchev–Trinajstić information content (AvgIpc) is 2.71. The van der Waals surface area contributed by atoms with Gasteiger partial charge in [0.25, 0.3) is 0 Å². The number of rotatable bonds is 3. The third-order valence-corrected chi connectivity index (χ3v) is 2.19. The van der Waals surface area contributed by atoms with Gasteiger partial charge in [0, 0.05) is 11.5 Å². The molecule has 1 N–H and O–H groups in total. The molecular formula is C8H9N3OS. The van der Waals surface area contributed by atoms with E-state index in [1.807, 2.05) is 19.1 Å². The summed E-state index contributed by atoms with van der Waals surface area (Å²) in [5.74, 6) is 1.83. The van der Waals surface area contributed by atoms with Crippen molar-refractivity contribution >= 4 is 16.7 Å². The number of nitrogens with one attached hydrogen (secondary N) is 1. The minimum atomic E-state index is 0.656. The van der Waals surface area contributed by atoms with Gasteiger partial charge in [-0.25, -0.2) is 4.98 Å². The molecular weight excluding hydrogens is 186 g/mol. The van der Waals surface area contributed by atoms with Gasteiger partial charge in [-0.15, -0.1) is 0 Å². The molecule has 0 aliphatic carbocycles. The Labute approximate surface area is 79.8 Å². The number of aryl methyl sites for hydroxylation is 1. The molecule has 0 radical (unpaired) electrons. The second-order valence-corrected chi connectivity index (χ2v) is 3.39. The van der Waals surface area contributed by atoms with Crippen LogP contribution in [0.1, 0.15) is 11.5 Å². The smallest absolute Gasteiger partial charge is 0.202 e. The summed E-state index contributed by atoms with van der Waals surface area (Å²) >= 11 is 1.34. The molecule has 0 saturated carbocycles. The first-order valence-electron chi connectivity index (χ1n) is 3.90. The number of hydrogen-bond donors (Lipinski definition) is 1. The Morgan fingerprint density at radius 1 is 1.54 bits per heavy atom. The van der Waals surface area contributed by atoms with Gasteiger partial charge in [0.15, 0.2) is 0 Å². The molecule has 0 unspecified atom stereocenters. The number of nitrogens with zero attached hydrogens (tertiary/aromatic N) is 2. The van der Waals surface area contributed by atoms with Crippen LogP contribution in [0.4, 0.5) is 5.13 Å². The van der Waals surface area contributed by atoms with E-state index in [1.165, 1.54) is 17.9 Å². The lowest BCUT2D eigenvalue weighted by molar-refractivity contribution is 0.490. The zero-order chi connectivity index (χ0) is 9.10. The Kier molecular flexibility index (Phi) is 2.27. The van der Waals surface area contributed by atoms with E-state index in [0.29, 0.717) is 6.54 Å². The first kappa shape index (κ1) is 8.25. The fraction of sp³-hybridized carbons (Fsp3) is 0.250. The van der Waals surface area contributed by atoms with E-state index < -0.39 is 0 Å². The van der Waals surface area contributed by atoms with Crippen LogP contribution in [0, 0.1) is 6.92 Å². The summed E-state index contributed by atoms with van der Waals surface area (Å²) in [6.45, 7) is 2.58. The van der Waals surface area contributed by atoms with Gasteiger partial charge < -0.3 is 9.73 Å². The summed E-state index contributed by atoms with van der Waals surface area (Å²) in [5, 5.41) is 3.92. The Morgan fingerprint density at radius 3 is 3.08 bits per heavy atom. The normalized spacial score (nSPS) is 10.2. The van der Waals surface area contributed by atoms with E-state index in [2.05, 4.69) is 14.7 Å². The van der Waals surface area contributed by atoms with Gasteiger partial charge in [-0.05, 0) is 19.1 Å². The molecule has 0 fully saturated rings. The number of furan rings is 1. The Hall–Kier alpha value is -1.36. The molecule has 0 saturated heterocycles. The molecule has 13 heavy (non-hydrogen) atoms. The van der Waals surface area contributed by atoms with Gasteiger partial charge in [-0.1, -0.05) is 0 Å². The van der Waals surface area contributed by atoms with E-state index in [-0.39, 0.29) is 0 Å². The van der Waals surface area contributed by atoms with Gasteiger partial charge in [0.05, 0.1) is 6.54 Å². The van der Waals surface area contributed by atoms with Crippen LogP contribution < -0.4 is 5.32 Å². The van der Waals surface area contributed by atoms with Gasteiger partial charge in [0.2, 0.25) is 5.13 Å². The summed E-state index contributed by atoms with van der Waals surface area (Å²) in [6.07, 6.45) is 1.53. The maximum Gasteiger partial charge on any atom is 0.202 e. The molecule has 0 aliphatic heterocycles. The molecule has 2 aromatic heterocycles. The fourth-order valence-corrected chi connectivity index (χ4v) is 1.42. The molecule has 2 aromatic rings. The first-order chi connectivity index (χ1) is 6.34. The third-order valence-electron chi connectivity index (χ3n) is 1.57. The molecule has 68 valence electrons. The van der Waals surface area contributed by atoms with E-state index in [9.17, 15) is 0 Å². The van der Waals surface area contributed by atoms with Crippen LogP contribution in [0.2, 0.25) is 0 Å². The molecule has 0 spiro atoms. The summed E-state index contributed by atoms with van der Waals surface area (Å²) in [7, 11) is 0. The van der Waals surface area contributed by atoms with Crippen LogP contribution in [-0.2, 0) is 6.54 Å². The molecule has 0 amide bonds. The largest absolute Gasteiger partial charge is 0.465 e. The molecule has 0 aliphatic rings. The van der Waals surface area contributed by atoms with Crippen molar-refractivity contribution in [1.82, 2.24) is 9.36 Å². The van der Waals surface area contributed by atoms with Crippen LogP contribution in [0.3, 0.4) is 0 Å². The SMILES string of the molecule is Cc1ccc(CNc2ncns2)o1. The molecule has 2 rings (SSSR count). The highest BCUT2D eigenvalue weighted by molar-refractivity contribution is 7.09. The molecule has 0 atom stereocenters. The molecule has 2 heterocycles. The fourth-order valence-electron chi connectivity index (χ4n) is 0.994. The predicted molar refractivity (Wildman–Crippen MR) is 50.7 cm³/mol. The lowest BCUT2D eigenvalue weighted by Crippen LogP contribution is -1.96. The van der Waals surface area contributed by atoms with Crippen LogP contribution in [-0.4, -0.2) is 9.36 Å². The lowest BCUT2D eigenvalue weighted by Gasteiger charge is -1.96. The van der Waals surface area contributed by atoms with Crippen LogP contribution >= 0.6 is 11.5 Å². The van der Waals surface area contributed by atoms with Crippen molar-refractivity contribution in [2.24, 2.45) is 0 Å². The third kappa shape index (κ3) is 2.06. The van der Waals surface area contributed by atoms with Crippen molar-refractivity contribution in [3.8, 4) is 0 Å². The Bertz CT molecular complexity index is 368. The zero-order valence-electron chi connectivity index (χ0n) is 7.15. The summed E-state index contributed by atoms with van der Waals surface area (Å²) < 4.78 is 9.25. The highest BCUT2D eigenvalue weighted by atomic mass is 32.1. The van der Waals surface area contributed by atoms with Crippen molar-refractivity contribution in [3.05, 3.63) is 30.0 Å². The molecule has 0 aromatic carbocycles. The van der Waals surface area contributed by atoms with Gasteiger partial charge in [0.1, 0.15) is 17.8 Å². The molecule has 0 bridgehead atoms. The Morgan fingerprint density at radius 2 is 2.46 bits per heavy atom. The second kappa shape index (κ2) is 3.57. The van der Waals surface area contributed by atoms with Crippen LogP contribution in [0.25, 0.3) is 0 Å². The van der Waals surface area contributed by atoms with E-state index in [4.69, 9.17) is 4.42 Å². The molecule has 4 nitrogen and oxygen atoms in total. The lowest BCUT2D eigenvalue weighted by atomic mass is 10.4.